The van der Waals surface area contributed by atoms with Crippen molar-refractivity contribution in [2.45, 2.75) is 107 Å². The van der Waals surface area contributed by atoms with Gasteiger partial charge in [0.1, 0.15) is 29.0 Å². The van der Waals surface area contributed by atoms with Crippen molar-refractivity contribution in [1.29, 1.82) is 0 Å². The summed E-state index contributed by atoms with van der Waals surface area (Å²) in [6.45, 7) is 3.95. The number of methoxy groups -OCH3 is 1. The van der Waals surface area contributed by atoms with Crippen molar-refractivity contribution >= 4 is 6.08 Å². The quantitative estimate of drug-likeness (QED) is 0.0663. The first-order valence-electron chi connectivity index (χ1n) is 22.2. The Hall–Kier alpha value is -4.69. The highest BCUT2D eigenvalue weighted by Gasteiger charge is 2.50. The Morgan fingerprint density at radius 3 is 2.62 bits per heavy atom. The average molecular weight is 833 g/mol. The van der Waals surface area contributed by atoms with Gasteiger partial charge in [-0.3, -0.25) is 10.3 Å². The molecule has 5 aliphatic rings. The number of aromatic hydroxyl groups is 2. The van der Waals surface area contributed by atoms with E-state index in [0.29, 0.717) is 70.5 Å². The van der Waals surface area contributed by atoms with Gasteiger partial charge in [-0.1, -0.05) is 43.5 Å². The maximum absolute atomic E-state index is 11.0. The third-order valence-corrected chi connectivity index (χ3v) is 13.4. The van der Waals surface area contributed by atoms with Crippen LogP contribution < -0.4 is 40.7 Å². The largest absolute Gasteiger partial charge is 0.508 e. The SMILES string of the molecule is COc1cc([C@H]2Oc3c(c4c(c5c3CC[C@H](CO)O5)-c3ccc(O)cc3[C@@H](Cc3ccc5c(c3)=CCN=5)C4)C[C@@]2(CNCNC[C@H](C)O)OCNC2CCCCC2)ccc1O. The van der Waals surface area contributed by atoms with Gasteiger partial charge in [-0.25, -0.2) is 0 Å². The molecule has 9 rings (SSSR count). The van der Waals surface area contributed by atoms with Gasteiger partial charge >= 0.3 is 0 Å². The van der Waals surface area contributed by atoms with Gasteiger partial charge < -0.3 is 50.0 Å². The van der Waals surface area contributed by atoms with Crippen molar-refractivity contribution in [3.05, 3.63) is 98.6 Å². The zero-order valence-corrected chi connectivity index (χ0v) is 35.3. The first-order valence-corrected chi connectivity index (χ1v) is 22.2. The third-order valence-electron chi connectivity index (χ3n) is 13.4. The second-order valence-corrected chi connectivity index (χ2v) is 17.6. The number of phenolic OH excluding ortho intramolecular Hbond substituents is 2. The van der Waals surface area contributed by atoms with Crippen LogP contribution in [-0.4, -0.2) is 91.0 Å². The molecule has 12 nitrogen and oxygen atoms in total. The summed E-state index contributed by atoms with van der Waals surface area (Å²) in [6.07, 6.45) is 9.73. The van der Waals surface area contributed by atoms with Gasteiger partial charge in [0, 0.05) is 48.9 Å². The first-order chi connectivity index (χ1) is 29.7. The van der Waals surface area contributed by atoms with Crippen molar-refractivity contribution < 1.29 is 39.4 Å². The van der Waals surface area contributed by atoms with Crippen LogP contribution in [0.15, 0.2) is 59.6 Å². The topological polar surface area (TPSA) is 166 Å². The van der Waals surface area contributed by atoms with Crippen LogP contribution in [0.5, 0.6) is 28.7 Å². The van der Waals surface area contributed by atoms with E-state index in [1.807, 2.05) is 24.3 Å². The molecule has 0 aromatic heterocycles. The van der Waals surface area contributed by atoms with Crippen LogP contribution in [-0.2, 0) is 30.4 Å². The molecule has 3 heterocycles. The van der Waals surface area contributed by atoms with Gasteiger partial charge in [0.05, 0.1) is 38.5 Å². The number of hydrogen-bond acceptors (Lipinski definition) is 12. The van der Waals surface area contributed by atoms with Crippen LogP contribution in [0.25, 0.3) is 17.2 Å². The van der Waals surface area contributed by atoms with Crippen LogP contribution in [0.4, 0.5) is 0 Å². The van der Waals surface area contributed by atoms with E-state index in [1.165, 1.54) is 24.8 Å². The molecule has 61 heavy (non-hydrogen) atoms. The second-order valence-electron chi connectivity index (χ2n) is 17.6. The molecule has 4 aromatic rings. The minimum atomic E-state index is -0.960. The number of aliphatic hydroxyl groups is 2. The number of ether oxygens (including phenoxy) is 4. The van der Waals surface area contributed by atoms with Crippen LogP contribution in [0.1, 0.15) is 90.9 Å². The normalized spacial score (nSPS) is 23.2. The number of nitrogens with zero attached hydrogens (tertiary/aromatic N) is 1. The third kappa shape index (κ3) is 8.46. The maximum Gasteiger partial charge on any atom is 0.160 e. The number of hydrogen-bond donors (Lipinski definition) is 7. The molecule has 1 fully saturated rings. The van der Waals surface area contributed by atoms with Gasteiger partial charge in [0.2, 0.25) is 0 Å². The maximum atomic E-state index is 11.0. The Kier molecular flexibility index (Phi) is 12.3. The fraction of sp³-hybridized carbons (Fsp3) is 0.490. The summed E-state index contributed by atoms with van der Waals surface area (Å²) in [5.41, 5.74) is 7.28. The second kappa shape index (κ2) is 18.0. The fourth-order valence-electron chi connectivity index (χ4n) is 10.4. The Morgan fingerprint density at radius 1 is 0.934 bits per heavy atom. The van der Waals surface area contributed by atoms with Crippen molar-refractivity contribution in [3.63, 3.8) is 0 Å². The molecule has 2 aliphatic carbocycles. The predicted octanol–water partition coefficient (Wildman–Crippen LogP) is 4.58. The highest BCUT2D eigenvalue weighted by Crippen LogP contribution is 2.57. The standard InChI is InChI=1S/C49H60N4O8/c1-29(55)24-50-27-51-26-49(59-28-53-34-6-4-3-5-7-34)23-41-40-20-33(19-30-8-14-42-31(18-30)16-17-52-42)39-22-35(56)10-12-37(39)45(40)47-38(13-11-36(25-54)60-47)46(41)61-48(49)32-9-15-43(57)44(21-32)58-2/h8-10,12,14-16,18,21-22,29,33-34,36,48,50-51,53-57H,3-7,11,13,17,19-20,23-28H2,1-2H3/t29-,33-,36+,48+,49-/m0/s1. The van der Waals surface area contributed by atoms with E-state index in [0.717, 1.165) is 80.3 Å². The summed E-state index contributed by atoms with van der Waals surface area (Å²) >= 11 is 0. The molecule has 7 N–H and O–H groups in total. The van der Waals surface area contributed by atoms with Gasteiger partial charge in [0.25, 0.3) is 0 Å². The number of fused-ring (bicyclic) bond motifs is 9. The van der Waals surface area contributed by atoms with Crippen molar-refractivity contribution in [1.82, 2.24) is 16.0 Å². The smallest absolute Gasteiger partial charge is 0.160 e. The number of benzene rings is 4. The lowest BCUT2D eigenvalue weighted by atomic mass is 9.70. The Morgan fingerprint density at radius 2 is 1.80 bits per heavy atom. The lowest BCUT2D eigenvalue weighted by molar-refractivity contribution is -0.132. The summed E-state index contributed by atoms with van der Waals surface area (Å²) in [6, 6.07) is 18.0. The molecular weight excluding hydrogens is 773 g/mol. The monoisotopic (exact) mass is 832 g/mol. The highest BCUT2D eigenvalue weighted by molar-refractivity contribution is 5.85. The summed E-state index contributed by atoms with van der Waals surface area (Å²) in [5.74, 6) is 2.13. The molecule has 0 amide bonds. The molecule has 12 heteroatoms. The molecule has 5 atom stereocenters. The average Bonchev–Trinajstić information content (AvgIpc) is 3.75. The molecule has 324 valence electrons. The van der Waals surface area contributed by atoms with Crippen LogP contribution in [0.2, 0.25) is 0 Å². The first kappa shape index (κ1) is 41.7. The van der Waals surface area contributed by atoms with E-state index in [2.05, 4.69) is 45.2 Å². The van der Waals surface area contributed by atoms with Crippen molar-refractivity contribution in [3.8, 4) is 39.9 Å². The van der Waals surface area contributed by atoms with E-state index in [1.54, 1.807) is 26.2 Å². The Bertz CT molecular complexity index is 2360. The number of rotatable bonds is 15. The zero-order chi connectivity index (χ0) is 42.1. The number of phenols is 2. The number of nitrogens with one attached hydrogen (secondary N) is 3. The van der Waals surface area contributed by atoms with E-state index < -0.39 is 17.8 Å². The molecule has 0 saturated heterocycles. The summed E-state index contributed by atoms with van der Waals surface area (Å²) in [4.78, 5) is 4.62. The Labute approximate surface area is 357 Å². The minimum Gasteiger partial charge on any atom is -0.508 e. The molecule has 0 unspecified atom stereocenters. The lowest BCUT2D eigenvalue weighted by Gasteiger charge is -2.47. The molecule has 0 radical (unpaired) electrons. The van der Waals surface area contributed by atoms with Crippen LogP contribution >= 0.6 is 0 Å². The summed E-state index contributed by atoms with van der Waals surface area (Å²) < 4.78 is 27.2. The zero-order valence-electron chi connectivity index (χ0n) is 35.3. The molecular formula is C49H60N4O8. The van der Waals surface area contributed by atoms with Gasteiger partial charge in [-0.2, -0.15) is 0 Å². The lowest BCUT2D eigenvalue weighted by Crippen LogP contribution is -2.56. The molecule has 0 spiro atoms. The fourth-order valence-corrected chi connectivity index (χ4v) is 10.4. The van der Waals surface area contributed by atoms with Crippen molar-refractivity contribution in [2.75, 3.05) is 46.8 Å². The summed E-state index contributed by atoms with van der Waals surface area (Å²) in [7, 11) is 1.55. The molecule has 4 aromatic carbocycles. The van der Waals surface area contributed by atoms with Gasteiger partial charge in [-0.15, -0.1) is 0 Å². The predicted molar refractivity (Wildman–Crippen MR) is 233 cm³/mol. The van der Waals surface area contributed by atoms with Crippen LogP contribution in [0, 0.1) is 0 Å². The van der Waals surface area contributed by atoms with Gasteiger partial charge in [-0.05, 0) is 121 Å². The molecule has 1 saturated carbocycles. The van der Waals surface area contributed by atoms with E-state index in [-0.39, 0.29) is 30.1 Å². The Balaban J connectivity index is 1.20. The molecule has 3 aliphatic heterocycles. The number of aliphatic hydroxyl groups excluding tert-OH is 2. The summed E-state index contributed by atoms with van der Waals surface area (Å²) in [5, 5.41) is 55.1. The van der Waals surface area contributed by atoms with E-state index in [9.17, 15) is 20.4 Å². The highest BCUT2D eigenvalue weighted by atomic mass is 16.6. The molecule has 0 bridgehead atoms. The van der Waals surface area contributed by atoms with Gasteiger partial charge in [0.15, 0.2) is 17.6 Å². The van der Waals surface area contributed by atoms with Crippen molar-refractivity contribution in [2.24, 2.45) is 4.99 Å². The van der Waals surface area contributed by atoms with Crippen LogP contribution in [0.3, 0.4) is 0 Å². The minimum absolute atomic E-state index is 0.0236. The van der Waals surface area contributed by atoms with E-state index >= 15 is 0 Å². The van der Waals surface area contributed by atoms with E-state index in [4.69, 9.17) is 18.9 Å².